The molecule has 4 heteroatoms. The molecule has 0 radical (unpaired) electrons. The van der Waals surface area contributed by atoms with Crippen molar-refractivity contribution in [2.45, 2.75) is 45.1 Å². The van der Waals surface area contributed by atoms with Crippen molar-refractivity contribution in [2.24, 2.45) is 4.99 Å². The molecule has 1 aromatic heterocycles. The molecule has 0 unspecified atom stereocenters. The number of para-hydroxylation sites is 1. The SMILES string of the molecule is Cc1[nH]n(-c2ccccc2)c(=O)c1C=NC1CCCCC1. The fourth-order valence-electron chi connectivity index (χ4n) is 2.88. The Balaban J connectivity index is 1.88. The zero-order valence-electron chi connectivity index (χ0n) is 12.4. The second-order valence-electron chi connectivity index (χ2n) is 5.70. The summed E-state index contributed by atoms with van der Waals surface area (Å²) in [6.45, 7) is 1.92. The van der Waals surface area contributed by atoms with E-state index in [1.54, 1.807) is 10.9 Å². The number of benzene rings is 1. The Hall–Kier alpha value is -2.10. The third-order valence-corrected chi connectivity index (χ3v) is 4.12. The van der Waals surface area contributed by atoms with Crippen molar-refractivity contribution in [1.82, 2.24) is 9.78 Å². The summed E-state index contributed by atoms with van der Waals surface area (Å²) >= 11 is 0. The number of hydrogen-bond acceptors (Lipinski definition) is 2. The predicted octanol–water partition coefficient (Wildman–Crippen LogP) is 3.23. The molecule has 1 fully saturated rings. The minimum absolute atomic E-state index is 0.0294. The van der Waals surface area contributed by atoms with Gasteiger partial charge in [0.15, 0.2) is 0 Å². The molecule has 0 spiro atoms. The van der Waals surface area contributed by atoms with Gasteiger partial charge >= 0.3 is 0 Å². The largest absolute Gasteiger partial charge is 0.295 e. The van der Waals surface area contributed by atoms with Crippen LogP contribution in [0.2, 0.25) is 0 Å². The number of nitrogens with one attached hydrogen (secondary N) is 1. The number of aromatic amines is 1. The second kappa shape index (κ2) is 6.12. The van der Waals surface area contributed by atoms with Gasteiger partial charge in [0.05, 0.1) is 11.3 Å². The number of aryl methyl sites for hydroxylation is 1. The van der Waals surface area contributed by atoms with Crippen molar-refractivity contribution in [3.63, 3.8) is 0 Å². The highest BCUT2D eigenvalue weighted by Crippen LogP contribution is 2.20. The van der Waals surface area contributed by atoms with Crippen LogP contribution in [-0.4, -0.2) is 22.0 Å². The van der Waals surface area contributed by atoms with Crippen LogP contribution in [0.25, 0.3) is 5.69 Å². The summed E-state index contributed by atoms with van der Waals surface area (Å²) in [4.78, 5) is 17.1. The van der Waals surface area contributed by atoms with E-state index in [4.69, 9.17) is 0 Å². The molecule has 1 N–H and O–H groups in total. The molecule has 2 aromatic rings. The summed E-state index contributed by atoms with van der Waals surface area (Å²) in [5, 5.41) is 3.13. The van der Waals surface area contributed by atoms with Gasteiger partial charge in [-0.25, -0.2) is 4.68 Å². The molecule has 0 aliphatic heterocycles. The van der Waals surface area contributed by atoms with Gasteiger partial charge < -0.3 is 0 Å². The predicted molar refractivity (Wildman–Crippen MR) is 85.6 cm³/mol. The summed E-state index contributed by atoms with van der Waals surface area (Å²) in [7, 11) is 0. The molecule has 21 heavy (non-hydrogen) atoms. The zero-order chi connectivity index (χ0) is 14.7. The van der Waals surface area contributed by atoms with Crippen molar-refractivity contribution in [1.29, 1.82) is 0 Å². The highest BCUT2D eigenvalue weighted by molar-refractivity contribution is 5.80. The van der Waals surface area contributed by atoms with Crippen LogP contribution in [0.5, 0.6) is 0 Å². The molecule has 1 heterocycles. The molecule has 3 rings (SSSR count). The molecule has 110 valence electrons. The van der Waals surface area contributed by atoms with E-state index >= 15 is 0 Å². The van der Waals surface area contributed by atoms with Crippen LogP contribution >= 0.6 is 0 Å². The average molecular weight is 283 g/mol. The number of nitrogens with zero attached hydrogens (tertiary/aromatic N) is 2. The van der Waals surface area contributed by atoms with Crippen LogP contribution in [-0.2, 0) is 0 Å². The Morgan fingerprint density at radius 3 is 2.62 bits per heavy atom. The third kappa shape index (κ3) is 2.99. The second-order valence-corrected chi connectivity index (χ2v) is 5.70. The monoisotopic (exact) mass is 283 g/mol. The molecule has 1 aromatic carbocycles. The molecular weight excluding hydrogens is 262 g/mol. The van der Waals surface area contributed by atoms with Crippen LogP contribution in [0.3, 0.4) is 0 Å². The highest BCUT2D eigenvalue weighted by atomic mass is 16.1. The Labute approximate surface area is 124 Å². The average Bonchev–Trinajstić information content (AvgIpc) is 2.82. The normalized spacial score (nSPS) is 16.6. The first kappa shape index (κ1) is 13.9. The molecule has 1 saturated carbocycles. The molecule has 1 aliphatic rings. The van der Waals surface area contributed by atoms with Crippen molar-refractivity contribution < 1.29 is 0 Å². The van der Waals surface area contributed by atoms with Crippen LogP contribution < -0.4 is 5.56 Å². The fraction of sp³-hybridized carbons (Fsp3) is 0.412. The number of aromatic nitrogens is 2. The van der Waals surface area contributed by atoms with E-state index in [0.717, 1.165) is 24.2 Å². The Morgan fingerprint density at radius 2 is 1.90 bits per heavy atom. The quantitative estimate of drug-likeness (QED) is 0.864. The Bertz CT molecular complexity index is 676. The van der Waals surface area contributed by atoms with E-state index < -0.39 is 0 Å². The first-order valence-electron chi connectivity index (χ1n) is 7.66. The fourth-order valence-corrected chi connectivity index (χ4v) is 2.88. The molecule has 1 aliphatic carbocycles. The zero-order valence-corrected chi connectivity index (χ0v) is 12.4. The topological polar surface area (TPSA) is 50.1 Å². The summed E-state index contributed by atoms with van der Waals surface area (Å²) in [5.41, 5.74) is 2.36. The molecule has 0 atom stereocenters. The first-order valence-corrected chi connectivity index (χ1v) is 7.66. The smallest absolute Gasteiger partial charge is 0.280 e. The van der Waals surface area contributed by atoms with Gasteiger partial charge in [-0.2, -0.15) is 0 Å². The van der Waals surface area contributed by atoms with E-state index in [9.17, 15) is 4.79 Å². The molecule has 0 amide bonds. The van der Waals surface area contributed by atoms with Gasteiger partial charge in [-0.3, -0.25) is 14.9 Å². The maximum atomic E-state index is 12.5. The van der Waals surface area contributed by atoms with Crippen LogP contribution in [0.1, 0.15) is 43.4 Å². The Morgan fingerprint density at radius 1 is 1.19 bits per heavy atom. The Kier molecular flexibility index (Phi) is 4.04. The van der Waals surface area contributed by atoms with Crippen LogP contribution in [0, 0.1) is 6.92 Å². The number of aliphatic imine (C=N–C) groups is 1. The lowest BCUT2D eigenvalue weighted by atomic mass is 9.96. The van der Waals surface area contributed by atoms with E-state index in [1.807, 2.05) is 37.3 Å². The van der Waals surface area contributed by atoms with E-state index in [-0.39, 0.29) is 5.56 Å². The van der Waals surface area contributed by atoms with E-state index in [0.29, 0.717) is 11.6 Å². The third-order valence-electron chi connectivity index (χ3n) is 4.12. The van der Waals surface area contributed by atoms with Gasteiger partial charge in [-0.1, -0.05) is 37.5 Å². The van der Waals surface area contributed by atoms with Gasteiger partial charge in [0.1, 0.15) is 0 Å². The number of H-pyrrole nitrogens is 1. The van der Waals surface area contributed by atoms with Crippen LogP contribution in [0.15, 0.2) is 40.1 Å². The minimum Gasteiger partial charge on any atom is -0.295 e. The lowest BCUT2D eigenvalue weighted by Gasteiger charge is -2.16. The molecule has 4 nitrogen and oxygen atoms in total. The lowest BCUT2D eigenvalue weighted by molar-refractivity contribution is 0.444. The van der Waals surface area contributed by atoms with Crippen LogP contribution in [0.4, 0.5) is 0 Å². The number of rotatable bonds is 3. The van der Waals surface area contributed by atoms with Gasteiger partial charge in [0, 0.05) is 18.0 Å². The first-order chi connectivity index (χ1) is 10.3. The summed E-state index contributed by atoms with van der Waals surface area (Å²) in [5.74, 6) is 0. The van der Waals surface area contributed by atoms with E-state index in [2.05, 4.69) is 10.1 Å². The lowest BCUT2D eigenvalue weighted by Crippen LogP contribution is -2.18. The standard InChI is InChI=1S/C17H21N3O/c1-13-16(12-18-14-8-4-2-5-9-14)17(21)20(19-13)15-10-6-3-7-11-15/h3,6-7,10-12,14,19H,2,4-5,8-9H2,1H3. The number of hydrogen-bond donors (Lipinski definition) is 1. The van der Waals surface area contributed by atoms with E-state index in [1.165, 1.54) is 19.3 Å². The van der Waals surface area contributed by atoms with Crippen molar-refractivity contribution >= 4 is 6.21 Å². The van der Waals surface area contributed by atoms with Gasteiger partial charge in [0.2, 0.25) is 0 Å². The summed E-state index contributed by atoms with van der Waals surface area (Å²) < 4.78 is 1.58. The highest BCUT2D eigenvalue weighted by Gasteiger charge is 2.13. The minimum atomic E-state index is -0.0294. The van der Waals surface area contributed by atoms with Gasteiger partial charge in [-0.15, -0.1) is 0 Å². The van der Waals surface area contributed by atoms with Crippen molar-refractivity contribution in [3.8, 4) is 5.69 Å². The van der Waals surface area contributed by atoms with Gasteiger partial charge in [-0.05, 0) is 31.9 Å². The molecule has 0 saturated heterocycles. The summed E-state index contributed by atoms with van der Waals surface area (Å²) in [6, 6.07) is 10.0. The maximum Gasteiger partial charge on any atom is 0.280 e. The summed E-state index contributed by atoms with van der Waals surface area (Å²) in [6.07, 6.45) is 7.88. The van der Waals surface area contributed by atoms with Gasteiger partial charge in [0.25, 0.3) is 5.56 Å². The molecule has 0 bridgehead atoms. The van der Waals surface area contributed by atoms with Crippen molar-refractivity contribution in [2.75, 3.05) is 0 Å². The van der Waals surface area contributed by atoms with Crippen molar-refractivity contribution in [3.05, 3.63) is 51.9 Å². The maximum absolute atomic E-state index is 12.5. The molecular formula is C17H21N3O.